The van der Waals surface area contributed by atoms with Crippen LogP contribution in [-0.2, 0) is 16.8 Å². The van der Waals surface area contributed by atoms with Gasteiger partial charge in [0, 0.05) is 23.3 Å². The highest BCUT2D eigenvalue weighted by Gasteiger charge is 2.42. The molecule has 0 radical (unpaired) electrons. The normalized spacial score (nSPS) is 14.2. The predicted molar refractivity (Wildman–Crippen MR) is 121 cm³/mol. The van der Waals surface area contributed by atoms with Gasteiger partial charge < -0.3 is 4.90 Å². The Morgan fingerprint density at radius 2 is 1.86 bits per heavy atom. The van der Waals surface area contributed by atoms with Crippen molar-refractivity contribution >= 4 is 50.2 Å². The molecule has 0 spiro atoms. The van der Waals surface area contributed by atoms with E-state index in [4.69, 9.17) is 12.2 Å². The lowest BCUT2D eigenvalue weighted by molar-refractivity contribution is -0.384. The van der Waals surface area contributed by atoms with E-state index in [9.17, 15) is 14.9 Å². The first-order chi connectivity index (χ1) is 13.7. The maximum Gasteiger partial charge on any atom is 0.269 e. The minimum atomic E-state index is -0.536. The number of aryl methyl sites for hydroxylation is 1. The third kappa shape index (κ3) is 3.31. The largest absolute Gasteiger partial charge is 0.301 e. The van der Waals surface area contributed by atoms with Crippen LogP contribution in [0.1, 0.15) is 29.9 Å². The van der Waals surface area contributed by atoms with Crippen molar-refractivity contribution < 1.29 is 9.72 Å². The SMILES string of the molecule is Cc1ccc2c(c1)N(C(=O)Cc1ccc([N+](=O)[O-])cc1)C(C)(C)c1ssc(=S)c1-2. The number of rotatable bonds is 3. The Hall–Kier alpha value is -2.42. The first-order valence-electron chi connectivity index (χ1n) is 9.01. The van der Waals surface area contributed by atoms with E-state index in [1.165, 1.54) is 12.1 Å². The van der Waals surface area contributed by atoms with Crippen LogP contribution in [0, 0.1) is 20.9 Å². The van der Waals surface area contributed by atoms with Crippen molar-refractivity contribution in [3.63, 3.8) is 0 Å². The smallest absolute Gasteiger partial charge is 0.269 e. The summed E-state index contributed by atoms with van der Waals surface area (Å²) >= 11 is 5.60. The zero-order valence-corrected chi connectivity index (χ0v) is 18.5. The molecule has 2 heterocycles. The molecule has 0 unspecified atom stereocenters. The second-order valence-electron chi connectivity index (χ2n) is 7.57. The van der Waals surface area contributed by atoms with Gasteiger partial charge >= 0.3 is 0 Å². The number of nitrogens with zero attached hydrogens (tertiary/aromatic N) is 2. The maximum absolute atomic E-state index is 13.5. The van der Waals surface area contributed by atoms with E-state index in [-0.39, 0.29) is 18.0 Å². The van der Waals surface area contributed by atoms with E-state index in [0.29, 0.717) is 0 Å². The number of hydrogen-bond donors (Lipinski definition) is 0. The minimum Gasteiger partial charge on any atom is -0.301 e. The first-order valence-corrected chi connectivity index (χ1v) is 11.6. The van der Waals surface area contributed by atoms with Gasteiger partial charge in [0.1, 0.15) is 3.82 Å². The van der Waals surface area contributed by atoms with E-state index in [0.717, 1.165) is 36.6 Å². The monoisotopic (exact) mass is 442 g/mol. The summed E-state index contributed by atoms with van der Waals surface area (Å²) in [6.45, 7) is 6.10. The maximum atomic E-state index is 13.5. The highest BCUT2D eigenvalue weighted by atomic mass is 32.9. The number of nitro benzene ring substituents is 1. The fourth-order valence-corrected chi connectivity index (χ4v) is 7.05. The van der Waals surface area contributed by atoms with Crippen LogP contribution in [0.5, 0.6) is 0 Å². The number of carbonyl (C=O) groups excluding carboxylic acids is 1. The highest BCUT2D eigenvalue weighted by molar-refractivity contribution is 7.80. The van der Waals surface area contributed by atoms with Gasteiger partial charge in [-0.1, -0.05) is 57.2 Å². The van der Waals surface area contributed by atoms with E-state index >= 15 is 0 Å². The average molecular weight is 443 g/mol. The molecule has 0 aliphatic carbocycles. The van der Waals surface area contributed by atoms with Crippen LogP contribution in [0.15, 0.2) is 42.5 Å². The number of anilines is 1. The second kappa shape index (κ2) is 7.12. The number of carbonyl (C=O) groups is 1. The molecule has 1 amide bonds. The predicted octanol–water partition coefficient (Wildman–Crippen LogP) is 6.25. The number of non-ortho nitro benzene ring substituents is 1. The van der Waals surface area contributed by atoms with Crippen molar-refractivity contribution in [3.05, 3.63) is 72.4 Å². The zero-order chi connectivity index (χ0) is 20.9. The second-order valence-corrected chi connectivity index (χ2v) is 10.4. The number of nitro groups is 1. The van der Waals surface area contributed by atoms with Crippen molar-refractivity contribution in [1.82, 2.24) is 0 Å². The van der Waals surface area contributed by atoms with Crippen molar-refractivity contribution in [2.24, 2.45) is 0 Å². The molecule has 0 bridgehead atoms. The van der Waals surface area contributed by atoms with Gasteiger partial charge in [0.05, 0.1) is 27.4 Å². The van der Waals surface area contributed by atoms with Gasteiger partial charge in [0.25, 0.3) is 5.69 Å². The van der Waals surface area contributed by atoms with Crippen molar-refractivity contribution in [1.29, 1.82) is 0 Å². The third-order valence-corrected chi connectivity index (χ3v) is 8.49. The van der Waals surface area contributed by atoms with Crippen LogP contribution >= 0.6 is 32.9 Å². The summed E-state index contributed by atoms with van der Waals surface area (Å²) in [6, 6.07) is 12.3. The average Bonchev–Trinajstić information content (AvgIpc) is 3.04. The summed E-state index contributed by atoms with van der Waals surface area (Å²) in [5, 5.41) is 10.9. The summed E-state index contributed by atoms with van der Waals surface area (Å²) in [6.07, 6.45) is 0.166. The van der Waals surface area contributed by atoms with E-state index in [1.54, 1.807) is 32.8 Å². The van der Waals surface area contributed by atoms with Gasteiger partial charge in [0.2, 0.25) is 5.91 Å². The lowest BCUT2D eigenvalue weighted by Gasteiger charge is -2.43. The summed E-state index contributed by atoms with van der Waals surface area (Å²) in [7, 11) is 3.19. The highest BCUT2D eigenvalue weighted by Crippen LogP contribution is 2.52. The van der Waals surface area contributed by atoms with Gasteiger partial charge in [-0.05, 0) is 38.0 Å². The molecule has 1 aliphatic heterocycles. The minimum absolute atomic E-state index is 0.0168. The molecule has 2 aromatic carbocycles. The molecule has 5 nitrogen and oxygen atoms in total. The topological polar surface area (TPSA) is 63.5 Å². The van der Waals surface area contributed by atoms with Gasteiger partial charge in [-0.3, -0.25) is 14.9 Å². The molecule has 0 saturated heterocycles. The molecular weight excluding hydrogens is 424 g/mol. The molecule has 1 aromatic heterocycles. The van der Waals surface area contributed by atoms with Crippen molar-refractivity contribution in [2.75, 3.05) is 4.90 Å². The molecular formula is C21H18N2O3S3. The van der Waals surface area contributed by atoms with Crippen LogP contribution in [0.3, 0.4) is 0 Å². The number of fused-ring (bicyclic) bond motifs is 3. The summed E-state index contributed by atoms with van der Waals surface area (Å²) in [5.74, 6) is -0.0503. The number of hydrogen-bond acceptors (Lipinski definition) is 6. The molecule has 4 rings (SSSR count). The molecule has 3 aromatic rings. The van der Waals surface area contributed by atoms with Gasteiger partial charge in [0.15, 0.2) is 0 Å². The fourth-order valence-electron chi connectivity index (χ4n) is 3.77. The van der Waals surface area contributed by atoms with Crippen LogP contribution < -0.4 is 4.90 Å². The molecule has 0 saturated carbocycles. The first kappa shape index (κ1) is 19.9. The molecule has 148 valence electrons. The van der Waals surface area contributed by atoms with E-state index < -0.39 is 10.5 Å². The van der Waals surface area contributed by atoms with Crippen LogP contribution in [0.25, 0.3) is 11.1 Å². The Bertz CT molecular complexity index is 1190. The van der Waals surface area contributed by atoms with Crippen LogP contribution in [-0.4, -0.2) is 10.8 Å². The Kier molecular flexibility index (Phi) is 4.88. The molecule has 8 heteroatoms. The van der Waals surface area contributed by atoms with E-state index in [1.807, 2.05) is 43.9 Å². The lowest BCUT2D eigenvalue weighted by Crippen LogP contribution is -2.48. The molecule has 0 fully saturated rings. The standard InChI is InChI=1S/C21H18N2O3S3/c1-12-4-9-15-16(10-12)22(21(2,3)19-18(15)20(27)29-28-19)17(24)11-13-5-7-14(8-6-13)23(25)26/h4-10H,11H2,1-3H3. The molecule has 0 atom stereocenters. The molecule has 29 heavy (non-hydrogen) atoms. The van der Waals surface area contributed by atoms with Crippen molar-refractivity contribution in [3.8, 4) is 11.1 Å². The fraction of sp³-hybridized carbons (Fsp3) is 0.238. The quantitative estimate of drug-likeness (QED) is 0.208. The Morgan fingerprint density at radius 3 is 2.52 bits per heavy atom. The lowest BCUT2D eigenvalue weighted by atomic mass is 9.86. The van der Waals surface area contributed by atoms with Crippen molar-refractivity contribution in [2.45, 2.75) is 32.7 Å². The van der Waals surface area contributed by atoms with Crippen LogP contribution in [0.4, 0.5) is 11.4 Å². The molecule has 0 N–H and O–H groups in total. The number of benzene rings is 2. The molecule has 1 aliphatic rings. The summed E-state index contributed by atoms with van der Waals surface area (Å²) in [5.41, 5.74) is 4.22. The van der Waals surface area contributed by atoms with Crippen LogP contribution in [0.2, 0.25) is 0 Å². The van der Waals surface area contributed by atoms with Gasteiger partial charge in [-0.15, -0.1) is 0 Å². The van der Waals surface area contributed by atoms with Gasteiger partial charge in [-0.25, -0.2) is 0 Å². The Morgan fingerprint density at radius 1 is 1.17 bits per heavy atom. The van der Waals surface area contributed by atoms with E-state index in [2.05, 4.69) is 0 Å². The summed E-state index contributed by atoms with van der Waals surface area (Å²) in [4.78, 5) is 26.9. The third-order valence-electron chi connectivity index (χ3n) is 5.16. The Balaban J connectivity index is 1.78. The Labute approximate surface area is 180 Å². The zero-order valence-electron chi connectivity index (χ0n) is 16.1. The number of amides is 1. The summed E-state index contributed by atoms with van der Waals surface area (Å²) < 4.78 is 0.852. The van der Waals surface area contributed by atoms with Gasteiger partial charge in [-0.2, -0.15) is 0 Å².